The second-order valence-corrected chi connectivity index (χ2v) is 16.5. The van der Waals surface area contributed by atoms with Gasteiger partial charge in [0, 0.05) is 23.8 Å². The third-order valence-corrected chi connectivity index (χ3v) is 12.0. The van der Waals surface area contributed by atoms with Crippen molar-refractivity contribution in [2.45, 2.75) is 192 Å². The van der Waals surface area contributed by atoms with Gasteiger partial charge < -0.3 is 19.5 Å². The number of hydrogen-bond donors (Lipinski definition) is 1. The van der Waals surface area contributed by atoms with Crippen LogP contribution in [0.2, 0.25) is 0 Å². The maximum atomic E-state index is 12.4. The van der Waals surface area contributed by atoms with Crippen LogP contribution in [0.4, 0.5) is 0 Å². The number of benzene rings is 1. The molecule has 2 aliphatic rings. The van der Waals surface area contributed by atoms with Crippen molar-refractivity contribution in [1.29, 1.82) is 0 Å². The maximum Gasteiger partial charge on any atom is 0.305 e. The van der Waals surface area contributed by atoms with Gasteiger partial charge in [0.2, 0.25) is 0 Å². The van der Waals surface area contributed by atoms with E-state index in [-0.39, 0.29) is 11.5 Å². The highest BCUT2D eigenvalue weighted by molar-refractivity contribution is 9.09. The number of unbranched alkanes of at least 4 members (excludes halogenated alkanes) is 9. The number of esters is 1. The molecule has 1 aliphatic carbocycles. The number of carbonyl (C=O) groups is 1. The first-order chi connectivity index (χ1) is 24.0. The van der Waals surface area contributed by atoms with Gasteiger partial charge in [-0.25, -0.2) is 0 Å². The first-order valence-electron chi connectivity index (χ1n) is 20.7. The summed E-state index contributed by atoms with van der Waals surface area (Å²) >= 11 is 3.48. The van der Waals surface area contributed by atoms with Gasteiger partial charge in [-0.3, -0.25) is 4.79 Å². The van der Waals surface area contributed by atoms with Gasteiger partial charge in [0.05, 0.1) is 26.4 Å². The van der Waals surface area contributed by atoms with Crippen molar-refractivity contribution in [2.75, 3.05) is 25.7 Å². The van der Waals surface area contributed by atoms with Crippen molar-refractivity contribution in [2.24, 2.45) is 11.8 Å². The number of alkyl halides is 1. The molecular weight excluding hydrogens is 674 g/mol. The Morgan fingerprint density at radius 2 is 1.37 bits per heavy atom. The van der Waals surface area contributed by atoms with Gasteiger partial charge in [0.15, 0.2) is 0 Å². The van der Waals surface area contributed by atoms with Gasteiger partial charge in [-0.2, -0.15) is 0 Å². The lowest BCUT2D eigenvalue weighted by molar-refractivity contribution is -0.145. The molecule has 1 aromatic rings. The van der Waals surface area contributed by atoms with E-state index in [0.29, 0.717) is 31.0 Å². The SMILES string of the molecule is COc1ccc(CNC(C)(CCCCCCCCCCC2CO2)C2CCCCCCCC(COC(=O)CCCCCBr)CCCCC2)cc1. The quantitative estimate of drug-likeness (QED) is 0.0523. The topological polar surface area (TPSA) is 60.1 Å². The Kier molecular flexibility index (Phi) is 23.0. The van der Waals surface area contributed by atoms with E-state index in [1.807, 2.05) is 0 Å². The van der Waals surface area contributed by atoms with Crippen LogP contribution < -0.4 is 10.1 Å². The molecule has 0 bridgehead atoms. The van der Waals surface area contributed by atoms with Gasteiger partial charge in [0.1, 0.15) is 5.75 Å². The lowest BCUT2D eigenvalue weighted by Crippen LogP contribution is -2.48. The second kappa shape index (κ2) is 26.6. The van der Waals surface area contributed by atoms with E-state index < -0.39 is 0 Å². The molecule has 0 aromatic heterocycles. The van der Waals surface area contributed by atoms with Crippen LogP contribution in [0.15, 0.2) is 24.3 Å². The molecule has 4 unspecified atom stereocenters. The molecule has 1 heterocycles. The van der Waals surface area contributed by atoms with E-state index in [2.05, 4.69) is 52.4 Å². The molecule has 0 spiro atoms. The summed E-state index contributed by atoms with van der Waals surface area (Å²) in [5.74, 6) is 2.16. The van der Waals surface area contributed by atoms with Crippen molar-refractivity contribution in [3.63, 3.8) is 0 Å². The van der Waals surface area contributed by atoms with E-state index in [9.17, 15) is 4.79 Å². The molecule has 2 fully saturated rings. The third kappa shape index (κ3) is 19.9. The van der Waals surface area contributed by atoms with Gasteiger partial charge in [0.25, 0.3) is 0 Å². The van der Waals surface area contributed by atoms with Gasteiger partial charge in [-0.15, -0.1) is 0 Å². The second-order valence-electron chi connectivity index (χ2n) is 15.7. The lowest BCUT2D eigenvalue weighted by atomic mass is 9.75. The standard InChI is InChI=1S/C43H74BrNO4/c1-43(45-34-37-28-30-40(47-2)31-29-37,32-20-11-6-4-3-5-10-18-26-41-36-48-41)39-24-16-9-7-8-14-22-38(23-15-12-17-25-39)35-49-42(46)27-19-13-21-33-44/h28-31,38-39,41,45H,3-27,32-36H2,1-2H3. The van der Waals surface area contributed by atoms with Gasteiger partial charge in [-0.1, -0.05) is 137 Å². The highest BCUT2D eigenvalue weighted by Gasteiger charge is 2.32. The number of halogens is 1. The summed E-state index contributed by atoms with van der Waals surface area (Å²) in [6, 6.07) is 8.62. The largest absolute Gasteiger partial charge is 0.497 e. The normalized spacial score (nSPS) is 22.1. The fourth-order valence-corrected chi connectivity index (χ4v) is 8.31. The molecule has 282 valence electrons. The van der Waals surface area contributed by atoms with E-state index in [4.69, 9.17) is 14.2 Å². The zero-order valence-electron chi connectivity index (χ0n) is 31.8. The van der Waals surface area contributed by atoms with Crippen molar-refractivity contribution < 1.29 is 19.0 Å². The Morgan fingerprint density at radius 3 is 2.00 bits per heavy atom. The van der Waals surface area contributed by atoms with Crippen molar-refractivity contribution in [3.05, 3.63) is 29.8 Å². The molecule has 1 saturated carbocycles. The minimum Gasteiger partial charge on any atom is -0.497 e. The monoisotopic (exact) mass is 747 g/mol. The molecule has 4 atom stereocenters. The molecule has 1 aromatic carbocycles. The van der Waals surface area contributed by atoms with Crippen LogP contribution in [0.5, 0.6) is 5.75 Å². The predicted molar refractivity (Wildman–Crippen MR) is 210 cm³/mol. The minimum absolute atomic E-state index is 0.00769. The van der Waals surface area contributed by atoms with E-state index in [0.717, 1.165) is 43.5 Å². The van der Waals surface area contributed by atoms with E-state index in [1.165, 1.54) is 147 Å². The van der Waals surface area contributed by atoms with Crippen LogP contribution in [0, 0.1) is 11.8 Å². The smallest absolute Gasteiger partial charge is 0.305 e. The van der Waals surface area contributed by atoms with Crippen LogP contribution in [0.3, 0.4) is 0 Å². The lowest BCUT2D eigenvalue weighted by Gasteiger charge is -2.40. The first-order valence-corrected chi connectivity index (χ1v) is 21.9. The van der Waals surface area contributed by atoms with E-state index >= 15 is 0 Å². The Balaban J connectivity index is 1.49. The van der Waals surface area contributed by atoms with Crippen LogP contribution in [0.1, 0.15) is 179 Å². The molecule has 0 amide bonds. The summed E-state index contributed by atoms with van der Waals surface area (Å²) in [5.41, 5.74) is 1.49. The number of nitrogens with one attached hydrogen (secondary N) is 1. The molecule has 0 radical (unpaired) electrons. The average molecular weight is 749 g/mol. The number of carbonyl (C=O) groups excluding carboxylic acids is 1. The van der Waals surface area contributed by atoms with Crippen LogP contribution in [0.25, 0.3) is 0 Å². The zero-order valence-corrected chi connectivity index (χ0v) is 33.4. The molecule has 3 rings (SSSR count). The van der Waals surface area contributed by atoms with Crippen LogP contribution >= 0.6 is 15.9 Å². The third-order valence-electron chi connectivity index (χ3n) is 11.5. The molecule has 49 heavy (non-hydrogen) atoms. The van der Waals surface area contributed by atoms with E-state index in [1.54, 1.807) is 7.11 Å². The molecule has 5 nitrogen and oxygen atoms in total. The molecule has 6 heteroatoms. The predicted octanol–water partition coefficient (Wildman–Crippen LogP) is 12.3. The molecule has 1 saturated heterocycles. The first kappa shape index (κ1) is 42.3. The number of methoxy groups -OCH3 is 1. The Bertz CT molecular complexity index is 954. The Hall–Kier alpha value is -1.11. The van der Waals surface area contributed by atoms with Crippen molar-refractivity contribution in [1.82, 2.24) is 5.32 Å². The molecule has 1 N–H and O–H groups in total. The number of epoxide rings is 1. The van der Waals surface area contributed by atoms with Crippen LogP contribution in [-0.2, 0) is 20.8 Å². The summed E-state index contributed by atoms with van der Waals surface area (Å²) < 4.78 is 16.6. The van der Waals surface area contributed by atoms with Crippen molar-refractivity contribution >= 4 is 21.9 Å². The Morgan fingerprint density at radius 1 is 0.796 bits per heavy atom. The van der Waals surface area contributed by atoms with Gasteiger partial charge >= 0.3 is 5.97 Å². The maximum absolute atomic E-state index is 12.4. The number of hydrogen-bond acceptors (Lipinski definition) is 5. The summed E-state index contributed by atoms with van der Waals surface area (Å²) in [7, 11) is 1.74. The summed E-state index contributed by atoms with van der Waals surface area (Å²) in [6.45, 7) is 5.11. The minimum atomic E-state index is 0.00769. The highest BCUT2D eigenvalue weighted by Crippen LogP contribution is 2.34. The fourth-order valence-electron chi connectivity index (χ4n) is 7.91. The zero-order chi connectivity index (χ0) is 34.8. The Labute approximate surface area is 310 Å². The molecular formula is C43H74BrNO4. The van der Waals surface area contributed by atoms with Crippen LogP contribution in [-0.4, -0.2) is 43.3 Å². The number of rotatable bonds is 23. The number of ether oxygens (including phenoxy) is 3. The average Bonchev–Trinajstić information content (AvgIpc) is 3.95. The fraction of sp³-hybridized carbons (Fsp3) is 0.837. The highest BCUT2D eigenvalue weighted by atomic mass is 79.9. The molecule has 1 aliphatic heterocycles. The summed E-state index contributed by atoms with van der Waals surface area (Å²) in [6.07, 6.45) is 33.3. The van der Waals surface area contributed by atoms with Crippen molar-refractivity contribution in [3.8, 4) is 5.75 Å². The summed E-state index contributed by atoms with van der Waals surface area (Å²) in [5, 5.41) is 5.16. The summed E-state index contributed by atoms with van der Waals surface area (Å²) in [4.78, 5) is 12.4. The van der Waals surface area contributed by atoms with Gasteiger partial charge in [-0.05, 0) is 87.8 Å².